The smallest absolute Gasteiger partial charge is 0.203 e. The number of furan rings is 1. The molecule has 2 heterocycles. The summed E-state index contributed by atoms with van der Waals surface area (Å²) in [4.78, 5) is 13.8. The Hall–Kier alpha value is -2.87. The van der Waals surface area contributed by atoms with E-state index in [2.05, 4.69) is 0 Å². The molecule has 3 nitrogen and oxygen atoms in total. The average molecular weight is 410 g/mol. The highest BCUT2D eigenvalue weighted by atomic mass is 32.1. The summed E-state index contributed by atoms with van der Waals surface area (Å²) >= 11 is 1.41. The average Bonchev–Trinajstić information content (AvgIpc) is 3.34. The Morgan fingerprint density at radius 3 is 2.46 bits per heavy atom. The molecule has 2 aromatic heterocycles. The fourth-order valence-corrected chi connectivity index (χ4v) is 3.19. The van der Waals surface area contributed by atoms with Crippen LogP contribution in [-0.4, -0.2) is 5.78 Å². The van der Waals surface area contributed by atoms with Crippen molar-refractivity contribution >= 4 is 23.2 Å². The minimum atomic E-state index is -1.63. The Labute approximate surface area is 161 Å². The van der Waals surface area contributed by atoms with E-state index in [4.69, 9.17) is 9.15 Å². The van der Waals surface area contributed by atoms with Crippen LogP contribution in [-0.2, 0) is 13.0 Å². The summed E-state index contributed by atoms with van der Waals surface area (Å²) < 4.78 is 63.6. The van der Waals surface area contributed by atoms with Gasteiger partial charge in [0.1, 0.15) is 18.1 Å². The van der Waals surface area contributed by atoms with Crippen LogP contribution in [0.25, 0.3) is 6.08 Å². The van der Waals surface area contributed by atoms with E-state index in [1.165, 1.54) is 35.6 Å². The highest BCUT2D eigenvalue weighted by Gasteiger charge is 2.21. The second-order valence-corrected chi connectivity index (χ2v) is 6.88. The second-order valence-electron chi connectivity index (χ2n) is 5.71. The fraction of sp³-hybridized carbons (Fsp3) is 0.150. The van der Waals surface area contributed by atoms with Crippen molar-refractivity contribution in [2.24, 2.45) is 0 Å². The molecule has 8 heteroatoms. The number of hydrogen-bond donors (Lipinski definition) is 0. The number of carbonyl (C=O) groups excluding carboxylic acids is 1. The van der Waals surface area contributed by atoms with Crippen molar-refractivity contribution in [2.75, 3.05) is 0 Å². The molecule has 1 aromatic carbocycles. The van der Waals surface area contributed by atoms with Crippen LogP contribution in [0.5, 0.6) is 5.75 Å². The van der Waals surface area contributed by atoms with Gasteiger partial charge in [0.05, 0.1) is 4.88 Å². The summed E-state index contributed by atoms with van der Waals surface area (Å²) in [6, 6.07) is 6.71. The van der Waals surface area contributed by atoms with Crippen LogP contribution in [0.3, 0.4) is 0 Å². The van der Waals surface area contributed by atoms with Gasteiger partial charge in [-0.15, -0.1) is 11.3 Å². The van der Waals surface area contributed by atoms with E-state index in [1.807, 2.05) is 13.0 Å². The Balaban J connectivity index is 1.66. The number of carbonyl (C=O) groups is 1. The maximum atomic E-state index is 13.6. The monoisotopic (exact) mass is 410 g/mol. The third-order valence-electron chi connectivity index (χ3n) is 3.76. The lowest BCUT2D eigenvalue weighted by atomic mass is 10.2. The van der Waals surface area contributed by atoms with Crippen molar-refractivity contribution in [1.82, 2.24) is 0 Å². The molecule has 0 aliphatic heterocycles. The number of ketones is 1. The number of thiophene rings is 1. The van der Waals surface area contributed by atoms with Gasteiger partial charge in [-0.05, 0) is 42.8 Å². The van der Waals surface area contributed by atoms with Crippen molar-refractivity contribution in [3.8, 4) is 5.75 Å². The molecule has 28 heavy (non-hydrogen) atoms. The molecular formula is C20H14F4O3S. The van der Waals surface area contributed by atoms with Crippen molar-refractivity contribution < 1.29 is 31.5 Å². The Bertz CT molecular complexity index is 1010. The third-order valence-corrected chi connectivity index (χ3v) is 5.01. The maximum absolute atomic E-state index is 13.6. The van der Waals surface area contributed by atoms with Gasteiger partial charge in [-0.1, -0.05) is 6.92 Å². The van der Waals surface area contributed by atoms with E-state index >= 15 is 0 Å². The summed E-state index contributed by atoms with van der Waals surface area (Å²) in [5, 5.41) is 0. The zero-order chi connectivity index (χ0) is 20.3. The zero-order valence-corrected chi connectivity index (χ0v) is 15.4. The van der Waals surface area contributed by atoms with Gasteiger partial charge in [0.2, 0.25) is 11.6 Å². The van der Waals surface area contributed by atoms with E-state index in [1.54, 1.807) is 6.07 Å². The summed E-state index contributed by atoms with van der Waals surface area (Å²) in [5.74, 6) is -7.25. The Morgan fingerprint density at radius 2 is 1.82 bits per heavy atom. The quantitative estimate of drug-likeness (QED) is 0.210. The summed E-state index contributed by atoms with van der Waals surface area (Å²) in [6.07, 6.45) is 3.63. The topological polar surface area (TPSA) is 39.4 Å². The number of ether oxygens (including phenoxy) is 1. The molecule has 0 saturated heterocycles. The predicted molar refractivity (Wildman–Crippen MR) is 96.4 cm³/mol. The van der Waals surface area contributed by atoms with Crippen LogP contribution in [0, 0.1) is 23.3 Å². The van der Waals surface area contributed by atoms with Crippen molar-refractivity contribution in [1.29, 1.82) is 0 Å². The van der Waals surface area contributed by atoms with Gasteiger partial charge in [-0.3, -0.25) is 4.79 Å². The number of benzene rings is 1. The van der Waals surface area contributed by atoms with Crippen LogP contribution in [0.15, 0.2) is 40.8 Å². The first-order valence-electron chi connectivity index (χ1n) is 8.24. The van der Waals surface area contributed by atoms with E-state index in [9.17, 15) is 22.4 Å². The molecule has 0 amide bonds. The molecular weight excluding hydrogens is 396 g/mol. The number of halogens is 4. The molecule has 0 aliphatic carbocycles. The van der Waals surface area contributed by atoms with Crippen molar-refractivity contribution in [2.45, 2.75) is 20.0 Å². The molecule has 3 aromatic rings. The first kappa shape index (κ1) is 19.9. The van der Waals surface area contributed by atoms with E-state index in [0.29, 0.717) is 10.6 Å². The van der Waals surface area contributed by atoms with Gasteiger partial charge < -0.3 is 9.15 Å². The van der Waals surface area contributed by atoms with Gasteiger partial charge in [0.25, 0.3) is 0 Å². The lowest BCUT2D eigenvalue weighted by molar-refractivity contribution is 0.105. The first-order chi connectivity index (χ1) is 13.4. The Kier molecular flexibility index (Phi) is 5.99. The van der Waals surface area contributed by atoms with Gasteiger partial charge >= 0.3 is 0 Å². The van der Waals surface area contributed by atoms with Crippen molar-refractivity contribution in [3.63, 3.8) is 0 Å². The normalized spacial score (nSPS) is 11.3. The van der Waals surface area contributed by atoms with Crippen LogP contribution in [0.1, 0.15) is 33.0 Å². The van der Waals surface area contributed by atoms with E-state index < -0.39 is 35.6 Å². The molecule has 0 saturated carbocycles. The second kappa shape index (κ2) is 8.43. The fourth-order valence-electron chi connectivity index (χ4n) is 2.32. The van der Waals surface area contributed by atoms with Crippen LogP contribution in [0.4, 0.5) is 17.6 Å². The Morgan fingerprint density at radius 1 is 1.11 bits per heavy atom. The predicted octanol–water partition coefficient (Wildman–Crippen LogP) is 5.94. The van der Waals surface area contributed by atoms with Crippen LogP contribution >= 0.6 is 11.3 Å². The first-order valence-corrected chi connectivity index (χ1v) is 9.06. The molecule has 0 atom stereocenters. The van der Waals surface area contributed by atoms with Crippen LogP contribution in [0.2, 0.25) is 0 Å². The van der Waals surface area contributed by atoms with Gasteiger partial charge in [-0.25, -0.2) is 8.78 Å². The SMILES string of the molecule is CCc1ccc(C(=O)/C=C/c2ccc(COc3c(F)c(F)cc(F)c3F)o2)s1. The molecule has 3 rings (SSSR count). The number of aryl methyl sites for hydroxylation is 1. The van der Waals surface area contributed by atoms with Gasteiger partial charge in [0.15, 0.2) is 23.2 Å². The highest BCUT2D eigenvalue weighted by Crippen LogP contribution is 2.27. The molecule has 0 spiro atoms. The largest absolute Gasteiger partial charge is 0.479 e. The highest BCUT2D eigenvalue weighted by molar-refractivity contribution is 7.14. The summed E-state index contributed by atoms with van der Waals surface area (Å²) in [5.41, 5.74) is 0. The minimum Gasteiger partial charge on any atom is -0.479 e. The third kappa shape index (κ3) is 4.33. The van der Waals surface area contributed by atoms with E-state index in [-0.39, 0.29) is 17.6 Å². The van der Waals surface area contributed by atoms with Gasteiger partial charge in [0, 0.05) is 10.9 Å². The number of hydrogen-bond acceptors (Lipinski definition) is 4. The minimum absolute atomic E-state index is 0.0986. The molecule has 146 valence electrons. The standard InChI is InChI=1S/C20H14F4O3S/c1-2-13-6-8-17(28-13)16(25)7-5-11-3-4-12(27-11)10-26-20-18(23)14(21)9-15(22)19(20)24/h3-9H,2,10H2,1H3/b7-5+. The lowest BCUT2D eigenvalue weighted by Crippen LogP contribution is -2.03. The molecule has 0 fully saturated rings. The molecule has 0 aliphatic rings. The summed E-state index contributed by atoms with van der Waals surface area (Å²) in [6.45, 7) is 1.54. The summed E-state index contributed by atoms with van der Waals surface area (Å²) in [7, 11) is 0. The maximum Gasteiger partial charge on any atom is 0.203 e. The van der Waals surface area contributed by atoms with Gasteiger partial charge in [-0.2, -0.15) is 8.78 Å². The molecule has 0 bridgehead atoms. The number of allylic oxidation sites excluding steroid dienone is 1. The molecule has 0 unspecified atom stereocenters. The lowest BCUT2D eigenvalue weighted by Gasteiger charge is -2.08. The van der Waals surface area contributed by atoms with Crippen molar-refractivity contribution in [3.05, 3.63) is 81.0 Å². The zero-order valence-electron chi connectivity index (χ0n) is 14.6. The van der Waals surface area contributed by atoms with E-state index in [0.717, 1.165) is 11.3 Å². The molecule has 0 N–H and O–H groups in total. The van der Waals surface area contributed by atoms with Crippen LogP contribution < -0.4 is 4.74 Å². The number of rotatable bonds is 7. The molecule has 0 radical (unpaired) electrons.